The average Bonchev–Trinajstić information content (AvgIpc) is 2.92. The lowest BCUT2D eigenvalue weighted by Gasteiger charge is -2.15. The first-order chi connectivity index (χ1) is 13.3. The number of hydrogen-bond donors (Lipinski definition) is 1. The standard InChI is InChI=1S/C20H18BrClN2O4/c1-11(2)28-18-16(22)9-12(10-17(18)27-3)8-15-19(25)23-24(20(15)26)14-6-4-13(21)5-7-14/h4-11H,1-3H3,(H,23,25). The molecule has 6 nitrogen and oxygen atoms in total. The molecule has 0 spiro atoms. The third-order valence-electron chi connectivity index (χ3n) is 3.89. The molecule has 1 aliphatic rings. The molecule has 2 amide bonds. The van der Waals surface area contributed by atoms with E-state index in [4.69, 9.17) is 21.1 Å². The van der Waals surface area contributed by atoms with Crippen LogP contribution in [0.5, 0.6) is 11.5 Å². The summed E-state index contributed by atoms with van der Waals surface area (Å²) in [5.41, 5.74) is 3.67. The van der Waals surface area contributed by atoms with Crippen molar-refractivity contribution >= 4 is 51.1 Å². The Balaban J connectivity index is 1.94. The molecule has 146 valence electrons. The van der Waals surface area contributed by atoms with Crippen molar-refractivity contribution in [2.24, 2.45) is 0 Å². The van der Waals surface area contributed by atoms with Gasteiger partial charge in [0.1, 0.15) is 5.57 Å². The quantitative estimate of drug-likeness (QED) is 0.526. The Morgan fingerprint density at radius 1 is 1.18 bits per heavy atom. The highest BCUT2D eigenvalue weighted by molar-refractivity contribution is 9.10. The maximum Gasteiger partial charge on any atom is 0.282 e. The van der Waals surface area contributed by atoms with Crippen LogP contribution in [0.1, 0.15) is 19.4 Å². The second-order valence-corrected chi connectivity index (χ2v) is 7.64. The number of methoxy groups -OCH3 is 1. The zero-order valence-corrected chi connectivity index (χ0v) is 17.8. The van der Waals surface area contributed by atoms with Crippen LogP contribution in [0.2, 0.25) is 5.02 Å². The summed E-state index contributed by atoms with van der Waals surface area (Å²) < 4.78 is 11.9. The van der Waals surface area contributed by atoms with Crippen LogP contribution in [0.25, 0.3) is 6.08 Å². The minimum Gasteiger partial charge on any atom is -0.493 e. The molecule has 1 aliphatic heterocycles. The van der Waals surface area contributed by atoms with Crippen LogP contribution in [0.4, 0.5) is 5.69 Å². The third-order valence-corrected chi connectivity index (χ3v) is 4.70. The van der Waals surface area contributed by atoms with Gasteiger partial charge >= 0.3 is 0 Å². The smallest absolute Gasteiger partial charge is 0.282 e. The second-order valence-electron chi connectivity index (χ2n) is 6.32. The van der Waals surface area contributed by atoms with E-state index in [2.05, 4.69) is 21.4 Å². The van der Waals surface area contributed by atoms with E-state index >= 15 is 0 Å². The predicted molar refractivity (Wildman–Crippen MR) is 112 cm³/mol. The molecule has 0 bridgehead atoms. The molecule has 0 aromatic heterocycles. The topological polar surface area (TPSA) is 67.9 Å². The van der Waals surface area contributed by atoms with E-state index in [9.17, 15) is 9.59 Å². The van der Waals surface area contributed by atoms with Crippen molar-refractivity contribution in [3.05, 3.63) is 57.0 Å². The number of ether oxygens (including phenoxy) is 2. The zero-order chi connectivity index (χ0) is 20.4. The van der Waals surface area contributed by atoms with Gasteiger partial charge in [-0.2, -0.15) is 0 Å². The molecule has 1 fully saturated rings. The lowest BCUT2D eigenvalue weighted by molar-refractivity contribution is -0.117. The minimum absolute atomic E-state index is 0.00133. The van der Waals surface area contributed by atoms with Crippen molar-refractivity contribution in [1.82, 2.24) is 5.43 Å². The van der Waals surface area contributed by atoms with Crippen molar-refractivity contribution in [1.29, 1.82) is 0 Å². The van der Waals surface area contributed by atoms with Gasteiger partial charge in [0.25, 0.3) is 11.8 Å². The number of anilines is 1. The highest BCUT2D eigenvalue weighted by atomic mass is 79.9. The molecular formula is C20H18BrClN2O4. The molecule has 2 aromatic rings. The molecule has 0 saturated carbocycles. The van der Waals surface area contributed by atoms with Crippen molar-refractivity contribution < 1.29 is 19.1 Å². The number of hydrogen-bond acceptors (Lipinski definition) is 4. The van der Waals surface area contributed by atoms with E-state index < -0.39 is 11.8 Å². The van der Waals surface area contributed by atoms with Crippen LogP contribution in [0.3, 0.4) is 0 Å². The number of carbonyl (C=O) groups is 2. The molecule has 1 saturated heterocycles. The Kier molecular flexibility index (Phi) is 5.96. The highest BCUT2D eigenvalue weighted by Gasteiger charge is 2.34. The summed E-state index contributed by atoms with van der Waals surface area (Å²) in [4.78, 5) is 25.1. The average molecular weight is 466 g/mol. The Labute approximate surface area is 176 Å². The van der Waals surface area contributed by atoms with E-state index in [-0.39, 0.29) is 11.7 Å². The van der Waals surface area contributed by atoms with Gasteiger partial charge in [-0.25, -0.2) is 5.01 Å². The molecule has 1 N–H and O–H groups in total. The largest absolute Gasteiger partial charge is 0.493 e. The molecular weight excluding hydrogens is 448 g/mol. The molecule has 3 rings (SSSR count). The minimum atomic E-state index is -0.495. The Bertz CT molecular complexity index is 957. The Morgan fingerprint density at radius 3 is 2.46 bits per heavy atom. The summed E-state index contributed by atoms with van der Waals surface area (Å²) in [5, 5.41) is 1.53. The molecule has 28 heavy (non-hydrogen) atoms. The van der Waals surface area contributed by atoms with Crippen LogP contribution in [-0.4, -0.2) is 25.0 Å². The fraction of sp³-hybridized carbons (Fsp3) is 0.200. The number of benzene rings is 2. The number of halogens is 2. The zero-order valence-electron chi connectivity index (χ0n) is 15.5. The summed E-state index contributed by atoms with van der Waals surface area (Å²) in [7, 11) is 1.50. The normalized spacial score (nSPS) is 15.4. The summed E-state index contributed by atoms with van der Waals surface area (Å²) >= 11 is 9.66. The van der Waals surface area contributed by atoms with E-state index in [1.54, 1.807) is 36.4 Å². The fourth-order valence-electron chi connectivity index (χ4n) is 2.67. The molecule has 1 heterocycles. The van der Waals surface area contributed by atoms with Gasteiger partial charge in [0.2, 0.25) is 0 Å². The van der Waals surface area contributed by atoms with E-state index in [1.807, 2.05) is 13.8 Å². The lowest BCUT2D eigenvalue weighted by Crippen LogP contribution is -2.35. The maximum absolute atomic E-state index is 12.7. The van der Waals surface area contributed by atoms with Gasteiger partial charge in [0.05, 0.1) is 23.9 Å². The van der Waals surface area contributed by atoms with Gasteiger partial charge in [-0.1, -0.05) is 27.5 Å². The SMILES string of the molecule is COc1cc(C=C2C(=O)NN(c3ccc(Br)cc3)C2=O)cc(Cl)c1OC(C)C. The molecule has 8 heteroatoms. The first-order valence-corrected chi connectivity index (χ1v) is 9.64. The maximum atomic E-state index is 12.7. The Hall–Kier alpha value is -2.51. The molecule has 0 unspecified atom stereocenters. The van der Waals surface area contributed by atoms with Crippen LogP contribution >= 0.6 is 27.5 Å². The number of amides is 2. The van der Waals surface area contributed by atoms with Gasteiger partial charge in [0.15, 0.2) is 11.5 Å². The van der Waals surface area contributed by atoms with Crippen LogP contribution in [0.15, 0.2) is 46.4 Å². The predicted octanol–water partition coefficient (Wildman–Crippen LogP) is 4.36. The number of carbonyl (C=O) groups excluding carboxylic acids is 2. The van der Waals surface area contributed by atoms with Gasteiger partial charge in [-0.05, 0) is 61.9 Å². The number of rotatable bonds is 5. The van der Waals surface area contributed by atoms with Crippen molar-refractivity contribution in [3.8, 4) is 11.5 Å². The van der Waals surface area contributed by atoms with Crippen molar-refractivity contribution in [2.75, 3.05) is 12.1 Å². The first-order valence-electron chi connectivity index (χ1n) is 8.47. The monoisotopic (exact) mass is 464 g/mol. The molecule has 0 aliphatic carbocycles. The van der Waals surface area contributed by atoms with Crippen LogP contribution in [-0.2, 0) is 9.59 Å². The van der Waals surface area contributed by atoms with E-state index in [0.717, 1.165) is 4.47 Å². The van der Waals surface area contributed by atoms with Crippen molar-refractivity contribution in [2.45, 2.75) is 20.0 Å². The fourth-order valence-corrected chi connectivity index (χ4v) is 3.20. The lowest BCUT2D eigenvalue weighted by atomic mass is 10.1. The summed E-state index contributed by atoms with van der Waals surface area (Å²) in [6, 6.07) is 10.3. The molecule has 2 aromatic carbocycles. The van der Waals surface area contributed by atoms with Crippen molar-refractivity contribution in [3.63, 3.8) is 0 Å². The molecule has 0 atom stereocenters. The summed E-state index contributed by atoms with van der Waals surface area (Å²) in [6.07, 6.45) is 1.39. The van der Waals surface area contributed by atoms with Gasteiger partial charge in [0, 0.05) is 4.47 Å². The Morgan fingerprint density at radius 2 is 1.86 bits per heavy atom. The van der Waals surface area contributed by atoms with E-state index in [0.29, 0.717) is 27.8 Å². The van der Waals surface area contributed by atoms with E-state index in [1.165, 1.54) is 18.2 Å². The summed E-state index contributed by atoms with van der Waals surface area (Å²) in [6.45, 7) is 3.76. The number of nitrogens with one attached hydrogen (secondary N) is 1. The van der Waals surface area contributed by atoms with Gasteiger partial charge in [-0.15, -0.1) is 0 Å². The van der Waals surface area contributed by atoms with Crippen LogP contribution in [0, 0.1) is 0 Å². The number of nitrogens with zero attached hydrogens (tertiary/aromatic N) is 1. The first kappa shape index (κ1) is 20.2. The summed E-state index contributed by atoms with van der Waals surface area (Å²) in [5.74, 6) is -0.112. The second kappa shape index (κ2) is 8.24. The molecule has 0 radical (unpaired) electrons. The van der Waals surface area contributed by atoms with Gasteiger partial charge < -0.3 is 9.47 Å². The highest BCUT2D eigenvalue weighted by Crippen LogP contribution is 2.38. The number of hydrazine groups is 1. The van der Waals surface area contributed by atoms with Gasteiger partial charge in [-0.3, -0.25) is 15.0 Å². The third kappa shape index (κ3) is 4.15. The van der Waals surface area contributed by atoms with Crippen LogP contribution < -0.4 is 19.9 Å².